The first kappa shape index (κ1) is 23.2. The lowest BCUT2D eigenvalue weighted by Gasteiger charge is -2.42. The molecule has 2 aromatic carbocycles. The highest BCUT2D eigenvalue weighted by Gasteiger charge is 2.42. The van der Waals surface area contributed by atoms with Crippen molar-refractivity contribution >= 4 is 39.9 Å². The molecule has 0 bridgehead atoms. The summed E-state index contributed by atoms with van der Waals surface area (Å²) >= 11 is 5.92. The summed E-state index contributed by atoms with van der Waals surface area (Å²) in [7, 11) is 3.44. The predicted molar refractivity (Wildman–Crippen MR) is 124 cm³/mol. The minimum Gasteiger partial charge on any atom is -0.496 e. The number of amides is 1. The minimum atomic E-state index is -0.809. The van der Waals surface area contributed by atoms with Crippen molar-refractivity contribution in [1.82, 2.24) is 14.9 Å². The van der Waals surface area contributed by atoms with Crippen LogP contribution in [0.2, 0.25) is 5.02 Å². The maximum atomic E-state index is 14.5. The fourth-order valence-corrected chi connectivity index (χ4v) is 4.38. The van der Waals surface area contributed by atoms with Crippen molar-refractivity contribution in [2.45, 2.75) is 24.9 Å². The molecule has 1 saturated heterocycles. The summed E-state index contributed by atoms with van der Waals surface area (Å²) in [6.07, 6.45) is 2.42. The molecule has 4 rings (SSSR count). The van der Waals surface area contributed by atoms with Gasteiger partial charge in [0, 0.05) is 36.8 Å². The van der Waals surface area contributed by atoms with E-state index in [1.54, 1.807) is 25.3 Å². The van der Waals surface area contributed by atoms with E-state index in [1.165, 1.54) is 12.4 Å². The van der Waals surface area contributed by atoms with E-state index in [0.29, 0.717) is 55.1 Å². The summed E-state index contributed by atoms with van der Waals surface area (Å²) in [5.41, 5.74) is 6.63. The molecule has 3 N–H and O–H groups in total. The van der Waals surface area contributed by atoms with Gasteiger partial charge in [-0.1, -0.05) is 17.7 Å². The first-order valence-electron chi connectivity index (χ1n) is 10.5. The van der Waals surface area contributed by atoms with Gasteiger partial charge >= 0.3 is 0 Å². The van der Waals surface area contributed by atoms with Gasteiger partial charge in [-0.25, -0.2) is 14.4 Å². The lowest BCUT2D eigenvalue weighted by atomic mass is 9.87. The quantitative estimate of drug-likeness (QED) is 0.540. The van der Waals surface area contributed by atoms with Crippen LogP contribution >= 0.6 is 11.6 Å². The summed E-state index contributed by atoms with van der Waals surface area (Å²) in [6, 6.07) is 8.38. The van der Waals surface area contributed by atoms with Crippen LogP contribution < -0.4 is 15.8 Å². The molecule has 2 heterocycles. The Morgan fingerprint density at radius 3 is 2.79 bits per heavy atom. The number of hydrogen-bond donors (Lipinski definition) is 2. The third-order valence-corrected chi connectivity index (χ3v) is 6.45. The van der Waals surface area contributed by atoms with Crippen LogP contribution in [0.3, 0.4) is 0 Å². The fraction of sp³-hybridized carbons (Fsp3) is 0.348. The monoisotopic (exact) mass is 473 g/mol. The van der Waals surface area contributed by atoms with E-state index >= 15 is 0 Å². The van der Waals surface area contributed by atoms with E-state index < -0.39 is 11.4 Å². The van der Waals surface area contributed by atoms with Crippen molar-refractivity contribution in [3.05, 3.63) is 53.1 Å². The van der Waals surface area contributed by atoms with Gasteiger partial charge in [0.1, 0.15) is 23.4 Å². The number of carbonyl (C=O) groups is 1. The molecule has 1 aliphatic rings. The smallest absolute Gasteiger partial charge is 0.238 e. The number of nitrogens with zero attached hydrogens (tertiary/aromatic N) is 3. The number of likely N-dealkylation sites (N-methyl/N-ethyl adjacent to an activating group) is 1. The Balaban J connectivity index is 1.73. The van der Waals surface area contributed by atoms with Crippen LogP contribution in [-0.2, 0) is 16.1 Å². The number of rotatable bonds is 7. The molecule has 1 amide bonds. The van der Waals surface area contributed by atoms with Gasteiger partial charge in [-0.05, 0) is 38.1 Å². The standard InChI is InChI=1S/C23H25ClFN5O3/c1-30(23(22(26)31)6-8-33-9-7-23)12-14-10-15-18(11-19(14)32-2)27-13-28-21(15)29-17-5-3-4-16(24)20(17)25/h3-5,10-11,13H,6-9,12H2,1-2H3,(H2,26,31)(H,27,28,29). The first-order chi connectivity index (χ1) is 15.9. The van der Waals surface area contributed by atoms with Crippen molar-refractivity contribution in [2.24, 2.45) is 5.73 Å². The van der Waals surface area contributed by atoms with Gasteiger partial charge < -0.3 is 20.5 Å². The number of methoxy groups -OCH3 is 1. The molecule has 0 spiro atoms. The molecule has 0 atom stereocenters. The lowest BCUT2D eigenvalue weighted by molar-refractivity contribution is -0.136. The molecule has 10 heteroatoms. The Morgan fingerprint density at radius 2 is 2.09 bits per heavy atom. The summed E-state index contributed by atoms with van der Waals surface area (Å²) in [5.74, 6) is 0.0838. The van der Waals surface area contributed by atoms with Crippen LogP contribution in [0.15, 0.2) is 36.7 Å². The van der Waals surface area contributed by atoms with Crippen LogP contribution in [0.1, 0.15) is 18.4 Å². The van der Waals surface area contributed by atoms with Gasteiger partial charge in [0.05, 0.1) is 23.3 Å². The second kappa shape index (κ2) is 9.46. The number of primary amides is 1. The molecule has 1 fully saturated rings. The highest BCUT2D eigenvalue weighted by atomic mass is 35.5. The van der Waals surface area contributed by atoms with Gasteiger partial charge in [-0.3, -0.25) is 9.69 Å². The van der Waals surface area contributed by atoms with Gasteiger partial charge in [0.15, 0.2) is 5.82 Å². The molecular weight excluding hydrogens is 449 g/mol. The molecule has 33 heavy (non-hydrogen) atoms. The van der Waals surface area contributed by atoms with Crippen LogP contribution in [-0.4, -0.2) is 53.7 Å². The number of aromatic nitrogens is 2. The van der Waals surface area contributed by atoms with Crippen molar-refractivity contribution < 1.29 is 18.7 Å². The molecule has 8 nitrogen and oxygen atoms in total. The van der Waals surface area contributed by atoms with Crippen LogP contribution in [0, 0.1) is 5.82 Å². The van der Waals surface area contributed by atoms with E-state index in [9.17, 15) is 9.18 Å². The van der Waals surface area contributed by atoms with Crippen molar-refractivity contribution in [2.75, 3.05) is 32.7 Å². The van der Waals surface area contributed by atoms with Gasteiger partial charge in [-0.15, -0.1) is 0 Å². The predicted octanol–water partition coefficient (Wildman–Crippen LogP) is 3.64. The fourth-order valence-electron chi connectivity index (χ4n) is 4.20. The number of benzene rings is 2. The number of ether oxygens (including phenoxy) is 2. The number of anilines is 2. The van der Waals surface area contributed by atoms with Gasteiger partial charge in [0.2, 0.25) is 5.91 Å². The zero-order valence-electron chi connectivity index (χ0n) is 18.4. The average Bonchev–Trinajstić information content (AvgIpc) is 2.82. The molecule has 0 unspecified atom stereocenters. The molecule has 174 valence electrons. The molecule has 1 aromatic heterocycles. The number of nitrogens with two attached hydrogens (primary N) is 1. The van der Waals surface area contributed by atoms with Crippen molar-refractivity contribution in [3.63, 3.8) is 0 Å². The summed E-state index contributed by atoms with van der Waals surface area (Å²) in [5, 5.41) is 3.69. The van der Waals surface area contributed by atoms with Gasteiger partial charge in [0.25, 0.3) is 0 Å². The normalized spacial score (nSPS) is 15.5. The van der Waals surface area contributed by atoms with Crippen LogP contribution in [0.4, 0.5) is 15.9 Å². The summed E-state index contributed by atoms with van der Waals surface area (Å²) in [6.45, 7) is 1.33. The third-order valence-electron chi connectivity index (χ3n) is 6.16. The molecule has 3 aromatic rings. The first-order valence-corrected chi connectivity index (χ1v) is 10.8. The maximum Gasteiger partial charge on any atom is 0.238 e. The third kappa shape index (κ3) is 4.44. The van der Waals surface area contributed by atoms with E-state index in [0.717, 1.165) is 5.56 Å². The van der Waals surface area contributed by atoms with Crippen molar-refractivity contribution in [3.8, 4) is 5.75 Å². The molecular formula is C23H25ClFN5O3. The van der Waals surface area contributed by atoms with Gasteiger partial charge in [-0.2, -0.15) is 0 Å². The summed E-state index contributed by atoms with van der Waals surface area (Å²) < 4.78 is 25.5. The van der Waals surface area contributed by atoms with Crippen molar-refractivity contribution in [1.29, 1.82) is 0 Å². The highest BCUT2D eigenvalue weighted by molar-refractivity contribution is 6.31. The second-order valence-electron chi connectivity index (χ2n) is 7.99. The maximum absolute atomic E-state index is 14.5. The topological polar surface area (TPSA) is 103 Å². The number of hydrogen-bond acceptors (Lipinski definition) is 7. The Morgan fingerprint density at radius 1 is 1.33 bits per heavy atom. The Kier molecular flexibility index (Phi) is 6.64. The second-order valence-corrected chi connectivity index (χ2v) is 8.40. The zero-order chi connectivity index (χ0) is 23.6. The SMILES string of the molecule is COc1cc2ncnc(Nc3cccc(Cl)c3F)c2cc1CN(C)C1(C(N)=O)CCOCC1. The van der Waals surface area contributed by atoms with E-state index in [4.69, 9.17) is 26.8 Å². The number of fused-ring (bicyclic) bond motifs is 1. The molecule has 0 saturated carbocycles. The number of halogens is 2. The number of carbonyl (C=O) groups excluding carboxylic acids is 1. The highest BCUT2D eigenvalue weighted by Crippen LogP contribution is 2.34. The molecule has 1 aliphatic heterocycles. The number of nitrogens with one attached hydrogen (secondary N) is 1. The van der Waals surface area contributed by atoms with E-state index in [-0.39, 0.29) is 16.6 Å². The van der Waals surface area contributed by atoms with Crippen LogP contribution in [0.5, 0.6) is 5.75 Å². The molecule has 0 aliphatic carbocycles. The van der Waals surface area contributed by atoms with E-state index in [2.05, 4.69) is 15.3 Å². The minimum absolute atomic E-state index is 0.00977. The Labute approximate surface area is 195 Å². The summed E-state index contributed by atoms with van der Waals surface area (Å²) in [4.78, 5) is 23.0. The van der Waals surface area contributed by atoms with E-state index in [1.807, 2.05) is 18.0 Å². The largest absolute Gasteiger partial charge is 0.496 e. The average molecular weight is 474 g/mol. The Bertz CT molecular complexity index is 1190. The zero-order valence-corrected chi connectivity index (χ0v) is 19.2. The van der Waals surface area contributed by atoms with Crippen LogP contribution in [0.25, 0.3) is 10.9 Å². The molecule has 0 radical (unpaired) electrons. The Hall–Kier alpha value is -3.01. The lowest BCUT2D eigenvalue weighted by Crippen LogP contribution is -2.58.